The van der Waals surface area contributed by atoms with Gasteiger partial charge in [0.25, 0.3) is 0 Å². The number of benzene rings is 1. The van der Waals surface area contributed by atoms with E-state index in [0.717, 1.165) is 23.2 Å². The molecule has 5 heteroatoms. The van der Waals surface area contributed by atoms with Gasteiger partial charge in [0.1, 0.15) is 0 Å². The van der Waals surface area contributed by atoms with Crippen LogP contribution in [0.25, 0.3) is 0 Å². The van der Waals surface area contributed by atoms with Crippen molar-refractivity contribution in [3.8, 4) is 0 Å². The zero-order valence-corrected chi connectivity index (χ0v) is 15.6. The highest BCUT2D eigenvalue weighted by molar-refractivity contribution is 6.06. The minimum atomic E-state index is -0.182. The molecule has 1 saturated heterocycles. The van der Waals surface area contributed by atoms with E-state index in [9.17, 15) is 14.4 Å². The highest BCUT2D eigenvalue weighted by Crippen LogP contribution is 2.65. The van der Waals surface area contributed by atoms with Crippen LogP contribution in [0.15, 0.2) is 30.4 Å². The number of rotatable bonds is 4. The second-order valence-electron chi connectivity index (χ2n) is 8.66. The van der Waals surface area contributed by atoms with E-state index in [4.69, 9.17) is 0 Å². The fourth-order valence-corrected chi connectivity index (χ4v) is 5.72. The Kier molecular flexibility index (Phi) is 3.58. The van der Waals surface area contributed by atoms with Gasteiger partial charge in [-0.05, 0) is 67.2 Å². The summed E-state index contributed by atoms with van der Waals surface area (Å²) < 4.78 is 0. The van der Waals surface area contributed by atoms with Gasteiger partial charge in [0.2, 0.25) is 17.7 Å². The molecule has 0 radical (unpaired) electrons. The molecule has 1 aromatic rings. The lowest BCUT2D eigenvalue weighted by Gasteiger charge is -2.37. The minimum Gasteiger partial charge on any atom is -0.326 e. The summed E-state index contributed by atoms with van der Waals surface area (Å²) in [5, 5.41) is 2.88. The van der Waals surface area contributed by atoms with Crippen LogP contribution in [0.3, 0.4) is 0 Å². The van der Waals surface area contributed by atoms with Crippen LogP contribution in [0.4, 0.5) is 5.69 Å². The van der Waals surface area contributed by atoms with Gasteiger partial charge >= 0.3 is 0 Å². The van der Waals surface area contributed by atoms with Crippen molar-refractivity contribution in [1.82, 2.24) is 4.90 Å². The first kappa shape index (κ1) is 16.7. The maximum Gasteiger partial charge on any atom is 0.233 e. The van der Waals surface area contributed by atoms with E-state index >= 15 is 0 Å². The largest absolute Gasteiger partial charge is 0.326 e. The van der Waals surface area contributed by atoms with Crippen molar-refractivity contribution in [2.24, 2.45) is 35.5 Å². The number of carbonyl (C=O) groups excluding carboxylic acids is 3. The zero-order valence-electron chi connectivity index (χ0n) is 15.6. The zero-order chi connectivity index (χ0) is 18.9. The Labute approximate surface area is 158 Å². The van der Waals surface area contributed by atoms with E-state index in [0.29, 0.717) is 11.8 Å². The quantitative estimate of drug-likeness (QED) is 0.660. The second kappa shape index (κ2) is 5.78. The maximum atomic E-state index is 12.9. The molecule has 3 fully saturated rings. The number of amides is 3. The van der Waals surface area contributed by atoms with Gasteiger partial charge in [-0.25, -0.2) is 0 Å². The number of nitrogens with one attached hydrogen (secondary N) is 1. The molecule has 27 heavy (non-hydrogen) atoms. The van der Waals surface area contributed by atoms with Gasteiger partial charge in [0.05, 0.1) is 11.8 Å². The first-order valence-corrected chi connectivity index (χ1v) is 9.86. The molecule has 6 rings (SSSR count). The molecule has 0 unspecified atom stereocenters. The Bertz CT molecular complexity index is 833. The number of imide groups is 1. The number of hydrogen-bond donors (Lipinski definition) is 1. The Morgan fingerprint density at radius 2 is 1.56 bits per heavy atom. The first-order chi connectivity index (χ1) is 12.9. The molecule has 5 aliphatic rings. The molecule has 0 spiro atoms. The number of anilines is 1. The smallest absolute Gasteiger partial charge is 0.233 e. The predicted octanol–water partition coefficient (Wildman–Crippen LogP) is 2.69. The van der Waals surface area contributed by atoms with Crippen molar-refractivity contribution < 1.29 is 14.4 Å². The van der Waals surface area contributed by atoms with Crippen molar-refractivity contribution in [1.29, 1.82) is 0 Å². The molecule has 1 aliphatic heterocycles. The number of likely N-dealkylation sites (tertiary alicyclic amines) is 1. The third-order valence-electron chi connectivity index (χ3n) is 6.82. The third-order valence-corrected chi connectivity index (χ3v) is 6.82. The summed E-state index contributed by atoms with van der Waals surface area (Å²) in [6.45, 7) is 4.15. The third kappa shape index (κ3) is 2.55. The van der Waals surface area contributed by atoms with Crippen LogP contribution < -0.4 is 5.32 Å². The van der Waals surface area contributed by atoms with Crippen LogP contribution in [-0.2, 0) is 14.4 Å². The van der Waals surface area contributed by atoms with Crippen molar-refractivity contribution in [3.63, 3.8) is 0 Å². The van der Waals surface area contributed by atoms with Crippen LogP contribution in [0, 0.1) is 49.4 Å². The van der Waals surface area contributed by atoms with Crippen molar-refractivity contribution in [2.45, 2.75) is 26.7 Å². The van der Waals surface area contributed by atoms with Gasteiger partial charge in [0, 0.05) is 18.7 Å². The van der Waals surface area contributed by atoms with Crippen LogP contribution in [0.5, 0.6) is 0 Å². The molecule has 5 nitrogen and oxygen atoms in total. The molecule has 2 bridgehead atoms. The van der Waals surface area contributed by atoms with Crippen LogP contribution in [0.1, 0.15) is 24.0 Å². The topological polar surface area (TPSA) is 66.5 Å². The van der Waals surface area contributed by atoms with Gasteiger partial charge in [0.15, 0.2) is 0 Å². The summed E-state index contributed by atoms with van der Waals surface area (Å²) in [6.07, 6.45) is 5.64. The number of hydrogen-bond acceptors (Lipinski definition) is 3. The lowest BCUT2D eigenvalue weighted by molar-refractivity contribution is -0.140. The number of nitrogens with zero attached hydrogens (tertiary/aromatic N) is 1. The molecule has 2 saturated carbocycles. The van der Waals surface area contributed by atoms with E-state index in [2.05, 4.69) is 17.5 Å². The van der Waals surface area contributed by atoms with Crippen molar-refractivity contribution >= 4 is 23.4 Å². The molecule has 140 valence electrons. The lowest BCUT2D eigenvalue weighted by Crippen LogP contribution is -2.40. The molecule has 1 N–H and O–H groups in total. The Morgan fingerprint density at radius 1 is 1.00 bits per heavy atom. The summed E-state index contributed by atoms with van der Waals surface area (Å²) in [5.74, 6) is 1.02. The normalized spacial score (nSPS) is 35.3. The summed E-state index contributed by atoms with van der Waals surface area (Å²) in [5.41, 5.74) is 2.93. The fraction of sp³-hybridized carbons (Fsp3) is 0.500. The van der Waals surface area contributed by atoms with Crippen LogP contribution >= 0.6 is 0 Å². The van der Waals surface area contributed by atoms with E-state index in [-0.39, 0.29) is 54.4 Å². The second-order valence-corrected chi connectivity index (χ2v) is 8.66. The van der Waals surface area contributed by atoms with Crippen molar-refractivity contribution in [2.75, 3.05) is 11.9 Å². The molecule has 0 aromatic heterocycles. The molecular formula is C22H24N2O3. The van der Waals surface area contributed by atoms with E-state index in [1.807, 2.05) is 32.0 Å². The highest BCUT2D eigenvalue weighted by Gasteiger charge is 2.66. The fourth-order valence-electron chi connectivity index (χ4n) is 5.72. The van der Waals surface area contributed by atoms with E-state index in [1.54, 1.807) is 0 Å². The molecule has 3 amide bonds. The van der Waals surface area contributed by atoms with E-state index in [1.165, 1.54) is 4.90 Å². The first-order valence-electron chi connectivity index (χ1n) is 9.86. The predicted molar refractivity (Wildman–Crippen MR) is 101 cm³/mol. The monoisotopic (exact) mass is 364 g/mol. The summed E-state index contributed by atoms with van der Waals surface area (Å²) in [7, 11) is 0. The standard InChI is InChI=1S/C22H24N2O3/c1-11-7-12(2)9-13(8-11)23-18(25)5-6-24-21(26)19-14-3-4-15(17-10-16(14)17)20(19)22(24)27/h3-4,7-9,14-17,19-20H,5-6,10H2,1-2H3,(H,23,25)/t14-,15-,16-,17+,19+,20+/m0/s1. The van der Waals surface area contributed by atoms with Gasteiger partial charge in [-0.3, -0.25) is 19.3 Å². The number of allylic oxidation sites excluding steroid dienone is 2. The SMILES string of the molecule is Cc1cc(C)cc(NC(=O)CCN2C(=O)[C@@H]3[C@H]4C=C[C@@H]([C@@H]5C[C@H]45)[C@H]3C2=O)c1. The molecule has 4 aliphatic carbocycles. The van der Waals surface area contributed by atoms with Gasteiger partial charge < -0.3 is 5.32 Å². The van der Waals surface area contributed by atoms with Crippen LogP contribution in [0.2, 0.25) is 0 Å². The Balaban J connectivity index is 1.25. The van der Waals surface area contributed by atoms with Gasteiger partial charge in [-0.2, -0.15) is 0 Å². The van der Waals surface area contributed by atoms with Gasteiger partial charge in [-0.15, -0.1) is 0 Å². The molecule has 1 heterocycles. The van der Waals surface area contributed by atoms with Crippen molar-refractivity contribution in [3.05, 3.63) is 41.5 Å². The summed E-state index contributed by atoms with van der Waals surface area (Å²) in [6, 6.07) is 5.88. The Morgan fingerprint density at radius 3 is 2.11 bits per heavy atom. The highest BCUT2D eigenvalue weighted by atomic mass is 16.2. The minimum absolute atomic E-state index is 0.0612. The summed E-state index contributed by atoms with van der Waals surface area (Å²) in [4.78, 5) is 39.5. The average molecular weight is 364 g/mol. The molecule has 6 atom stereocenters. The maximum absolute atomic E-state index is 12.9. The molecular weight excluding hydrogens is 340 g/mol. The summed E-state index contributed by atoms with van der Waals surface area (Å²) >= 11 is 0. The Hall–Kier alpha value is -2.43. The van der Waals surface area contributed by atoms with Gasteiger partial charge in [-0.1, -0.05) is 18.2 Å². The number of aryl methyl sites for hydroxylation is 2. The molecule has 1 aromatic carbocycles. The van der Waals surface area contributed by atoms with E-state index < -0.39 is 0 Å². The number of carbonyl (C=O) groups is 3. The average Bonchev–Trinajstić information content (AvgIpc) is 3.38. The van der Waals surface area contributed by atoms with Crippen LogP contribution in [-0.4, -0.2) is 29.2 Å². The lowest BCUT2D eigenvalue weighted by atomic mass is 9.63.